The van der Waals surface area contributed by atoms with E-state index in [-0.39, 0.29) is 22.2 Å². The van der Waals surface area contributed by atoms with Gasteiger partial charge in [0.15, 0.2) is 0 Å². The first-order valence-corrected chi connectivity index (χ1v) is 14.0. The van der Waals surface area contributed by atoms with Crippen LogP contribution >= 0.6 is 7.92 Å². The minimum absolute atomic E-state index is 0. The number of nitrogens with zero attached hydrogens (tertiary/aromatic N) is 4. The average molecular weight is 626 g/mol. The van der Waals surface area contributed by atoms with Crippen molar-refractivity contribution in [3.05, 3.63) is 97.9 Å². The van der Waals surface area contributed by atoms with Gasteiger partial charge in [-0.1, -0.05) is 96.0 Å². The minimum atomic E-state index is -0.877. The van der Waals surface area contributed by atoms with Gasteiger partial charge < -0.3 is 27.8 Å². The van der Waals surface area contributed by atoms with Crippen LogP contribution in [-0.4, -0.2) is 43.7 Å². The molecule has 4 N–H and O–H groups in total. The van der Waals surface area contributed by atoms with Crippen molar-refractivity contribution in [3.63, 3.8) is 0 Å². The molecule has 3 rings (SSSR count). The van der Waals surface area contributed by atoms with E-state index in [2.05, 4.69) is 139 Å². The summed E-state index contributed by atoms with van der Waals surface area (Å²) in [5, 5.41) is 47.6. The molecule has 0 saturated heterocycles. The van der Waals surface area contributed by atoms with Crippen LogP contribution in [0.4, 0.5) is 0 Å². The Kier molecular flexibility index (Phi) is 21.5. The van der Waals surface area contributed by atoms with Gasteiger partial charge in [0, 0.05) is 16.8 Å². The minimum Gasteiger partial charge on any atom is -0.411 e. The van der Waals surface area contributed by atoms with Crippen LogP contribution in [-0.2, 0) is 16.8 Å². The van der Waals surface area contributed by atoms with Gasteiger partial charge in [-0.15, -0.1) is 0 Å². The Hall–Kier alpha value is -3.52. The molecule has 0 amide bonds. The normalized spacial score (nSPS) is 11.9. The Morgan fingerprint density at radius 2 is 0.683 bits per heavy atom. The summed E-state index contributed by atoms with van der Waals surface area (Å²) >= 11 is 0. The number of oxime groups is 4. The van der Waals surface area contributed by atoms with E-state index in [9.17, 15) is 0 Å². The van der Waals surface area contributed by atoms with Crippen molar-refractivity contribution in [2.45, 2.75) is 48.5 Å². The van der Waals surface area contributed by atoms with E-state index in [0.29, 0.717) is 22.8 Å². The zero-order chi connectivity index (χ0) is 30.6. The molecule has 1 radical (unpaired) electrons. The van der Waals surface area contributed by atoms with Crippen molar-refractivity contribution in [2.24, 2.45) is 26.0 Å². The summed E-state index contributed by atoms with van der Waals surface area (Å²) < 4.78 is 0. The second-order valence-corrected chi connectivity index (χ2v) is 12.3. The Morgan fingerprint density at radius 1 is 0.512 bits per heavy atom. The summed E-state index contributed by atoms with van der Waals surface area (Å²) in [5.41, 5.74) is 1.50. The third-order valence-corrected chi connectivity index (χ3v) is 7.57. The fourth-order valence-electron chi connectivity index (χ4n) is 2.60. The van der Waals surface area contributed by atoms with Crippen molar-refractivity contribution in [2.75, 3.05) is 0 Å². The van der Waals surface area contributed by atoms with Crippen LogP contribution in [0.1, 0.15) is 48.5 Å². The number of hydrogen-bond acceptors (Lipinski definition) is 8. The largest absolute Gasteiger partial charge is 0.411 e. The van der Waals surface area contributed by atoms with Gasteiger partial charge in [-0.3, -0.25) is 0 Å². The molecule has 3 aromatic rings. The van der Waals surface area contributed by atoms with E-state index in [1.54, 1.807) is 0 Å². The van der Waals surface area contributed by atoms with E-state index >= 15 is 0 Å². The standard InChI is InChI=1S/C18H15P.C5H11.2C4H8N2O2.Co/c1-4-10-16(11-5-1)19(17-12-6-2-7-13-17)18-14-8-3-9-15-18;1-5(2,3)4;2*1-3(5-7)4(2)6-8;/h1-15H;1H2,2-4H3;2*7-8H,1-2H3;/q;-1;;;/p+1/b;;2*5-3+,6-4+;. The van der Waals surface area contributed by atoms with Gasteiger partial charge >= 0.3 is 0 Å². The molecule has 0 saturated carbocycles. The van der Waals surface area contributed by atoms with E-state index < -0.39 is 7.92 Å². The molecule has 0 fully saturated rings. The van der Waals surface area contributed by atoms with Crippen molar-refractivity contribution >= 4 is 46.7 Å². The van der Waals surface area contributed by atoms with Crippen LogP contribution in [0.15, 0.2) is 112 Å². The summed E-state index contributed by atoms with van der Waals surface area (Å²) in [4.78, 5) is 0. The molecule has 41 heavy (non-hydrogen) atoms. The van der Waals surface area contributed by atoms with Crippen molar-refractivity contribution in [1.29, 1.82) is 0 Å². The molecule has 10 heteroatoms. The quantitative estimate of drug-likeness (QED) is 0.0858. The maximum Gasteiger partial charge on any atom is 0.102 e. The molecule has 0 aliphatic rings. The molecular formula is C31H43CoN4O4P. The first kappa shape index (κ1) is 39.6. The van der Waals surface area contributed by atoms with Crippen LogP contribution in [0, 0.1) is 12.3 Å². The topological polar surface area (TPSA) is 130 Å². The maximum absolute atomic E-state index is 8.03. The maximum atomic E-state index is 8.03. The van der Waals surface area contributed by atoms with Crippen molar-refractivity contribution < 1.29 is 37.6 Å². The smallest absolute Gasteiger partial charge is 0.102 e. The van der Waals surface area contributed by atoms with Crippen LogP contribution in [0.25, 0.3) is 0 Å². The van der Waals surface area contributed by atoms with Crippen LogP contribution < -0.4 is 15.9 Å². The Bertz CT molecular complexity index is 1050. The van der Waals surface area contributed by atoms with Crippen molar-refractivity contribution in [1.82, 2.24) is 0 Å². The summed E-state index contributed by atoms with van der Waals surface area (Å²) in [6.07, 6.45) is 0. The first-order valence-electron chi connectivity index (χ1n) is 12.5. The molecule has 8 nitrogen and oxygen atoms in total. The van der Waals surface area contributed by atoms with Crippen LogP contribution in [0.2, 0.25) is 0 Å². The van der Waals surface area contributed by atoms with E-state index in [0.717, 1.165) is 0 Å². The predicted octanol–water partition coefficient (Wildman–Crippen LogP) is 6.41. The molecule has 0 aliphatic heterocycles. The Labute approximate surface area is 256 Å². The summed E-state index contributed by atoms with van der Waals surface area (Å²) in [6.45, 7) is 16.1. The third kappa shape index (κ3) is 18.5. The van der Waals surface area contributed by atoms with Gasteiger partial charge in [0.1, 0.15) is 38.8 Å². The molecule has 225 valence electrons. The van der Waals surface area contributed by atoms with Crippen LogP contribution in [0.3, 0.4) is 0 Å². The molecule has 0 bridgehead atoms. The van der Waals surface area contributed by atoms with Gasteiger partial charge in [-0.2, -0.15) is 5.41 Å². The van der Waals surface area contributed by atoms with Gasteiger partial charge in [0.2, 0.25) is 0 Å². The molecular weight excluding hydrogens is 582 g/mol. The second kappa shape index (κ2) is 22.2. The molecule has 0 unspecified atom stereocenters. The number of benzene rings is 3. The SMILES string of the molecule is CC(=N\O)/C(C)=N/O.CC(=N\O)/C(C)=N/O.[CH2-]C(C)(C)C.[Co].c1ccc([PH+](c2ccccc2)c2ccccc2)cc1. The molecule has 0 atom stereocenters. The molecule has 0 spiro atoms. The van der Waals surface area contributed by atoms with Crippen LogP contribution in [0.5, 0.6) is 0 Å². The second-order valence-electron chi connectivity index (χ2n) is 9.78. The van der Waals surface area contributed by atoms with E-state index in [1.807, 2.05) is 0 Å². The van der Waals surface area contributed by atoms with E-state index in [4.69, 9.17) is 20.8 Å². The predicted molar refractivity (Wildman–Crippen MR) is 171 cm³/mol. The van der Waals surface area contributed by atoms with Gasteiger partial charge in [-0.25, -0.2) is 0 Å². The summed E-state index contributed by atoms with van der Waals surface area (Å²) in [7, 11) is -0.877. The van der Waals surface area contributed by atoms with E-state index in [1.165, 1.54) is 43.6 Å². The zero-order valence-corrected chi connectivity index (χ0v) is 26.8. The molecule has 3 aromatic carbocycles. The number of rotatable bonds is 5. The molecule has 0 heterocycles. The third-order valence-electron chi connectivity index (χ3n) is 4.83. The fraction of sp³-hybridized carbons (Fsp3) is 0.258. The van der Waals surface area contributed by atoms with Crippen molar-refractivity contribution in [3.8, 4) is 0 Å². The molecule has 0 aromatic heterocycles. The summed E-state index contributed by atoms with van der Waals surface area (Å²) in [5.74, 6) is 0. The Morgan fingerprint density at radius 3 is 0.829 bits per heavy atom. The Balaban J connectivity index is 0. The monoisotopic (exact) mass is 625 g/mol. The molecule has 0 aliphatic carbocycles. The van der Waals surface area contributed by atoms with Gasteiger partial charge in [0.25, 0.3) is 0 Å². The summed E-state index contributed by atoms with van der Waals surface area (Å²) in [6, 6.07) is 32.5. The fourth-order valence-corrected chi connectivity index (χ4v) is 5.18. The van der Waals surface area contributed by atoms with Gasteiger partial charge in [0.05, 0.1) is 7.92 Å². The first-order chi connectivity index (χ1) is 18.9. The number of hydrogen-bond donors (Lipinski definition) is 4. The zero-order valence-electron chi connectivity index (χ0n) is 24.8. The average Bonchev–Trinajstić information content (AvgIpc) is 2.97. The van der Waals surface area contributed by atoms with Gasteiger partial charge in [-0.05, 0) is 64.1 Å².